The fourth-order valence-corrected chi connectivity index (χ4v) is 2.39. The average molecular weight is 262 g/mol. The summed E-state index contributed by atoms with van der Waals surface area (Å²) in [6, 6.07) is 7.50. The minimum absolute atomic E-state index is 0.0255. The second-order valence-electron chi connectivity index (χ2n) is 3.36. The zero-order valence-electron chi connectivity index (χ0n) is 9.12. The highest BCUT2D eigenvalue weighted by atomic mass is 32.1. The van der Waals surface area contributed by atoms with Gasteiger partial charge in [0, 0.05) is 5.39 Å². The summed E-state index contributed by atoms with van der Waals surface area (Å²) in [4.78, 5) is 26.3. The smallest absolute Gasteiger partial charge is 0.344 e. The molecular weight excluding hydrogens is 254 g/mol. The Bertz CT molecular complexity index is 617. The predicted octanol–water partition coefficient (Wildman–Crippen LogP) is 1.82. The summed E-state index contributed by atoms with van der Waals surface area (Å²) in [6.45, 7) is -0.589. The minimum Gasteiger partial charge on any atom is -0.479 e. The van der Waals surface area contributed by atoms with E-state index in [2.05, 4.69) is 9.99 Å². The number of carboxylic acid groups (broad SMARTS) is 1. The molecule has 0 saturated heterocycles. The number of rotatable bonds is 5. The Morgan fingerprint density at radius 1 is 1.44 bits per heavy atom. The molecule has 0 aliphatic heterocycles. The van der Waals surface area contributed by atoms with Crippen LogP contribution in [-0.2, 0) is 14.4 Å². The molecule has 0 unspecified atom stereocenters. The molecule has 0 aliphatic carbocycles. The van der Waals surface area contributed by atoms with Crippen LogP contribution in [0.3, 0.4) is 0 Å². The van der Waals surface area contributed by atoms with E-state index in [4.69, 9.17) is 5.11 Å². The van der Waals surface area contributed by atoms with Gasteiger partial charge in [-0.05, 0) is 10.8 Å². The van der Waals surface area contributed by atoms with E-state index in [0.29, 0.717) is 4.88 Å². The fraction of sp³-hybridized carbons (Fsp3) is 0.0833. The van der Waals surface area contributed by atoms with Gasteiger partial charge in [-0.2, -0.15) is 0 Å². The maximum Gasteiger partial charge on any atom is 0.344 e. The topological polar surface area (TPSA) is 76.0 Å². The van der Waals surface area contributed by atoms with Gasteiger partial charge in [-0.1, -0.05) is 29.4 Å². The molecule has 6 heteroatoms. The Hall–Kier alpha value is -2.21. The number of carboxylic acids is 1. The maximum absolute atomic E-state index is 10.8. The summed E-state index contributed by atoms with van der Waals surface area (Å²) in [7, 11) is 0. The van der Waals surface area contributed by atoms with E-state index in [-0.39, 0.29) is 5.71 Å². The normalized spacial score (nSPS) is 11.4. The number of aliphatic carboxylic acids is 1. The Morgan fingerprint density at radius 3 is 2.94 bits per heavy atom. The molecule has 1 aromatic heterocycles. The number of fused-ring (bicyclic) bond motifs is 1. The second kappa shape index (κ2) is 5.42. The van der Waals surface area contributed by atoms with E-state index in [0.717, 1.165) is 10.8 Å². The summed E-state index contributed by atoms with van der Waals surface area (Å²) >= 11 is 1.33. The van der Waals surface area contributed by atoms with Crippen LogP contribution < -0.4 is 0 Å². The van der Waals surface area contributed by atoms with E-state index in [1.165, 1.54) is 11.3 Å². The molecule has 1 radical (unpaired) electrons. The summed E-state index contributed by atoms with van der Waals surface area (Å²) in [5.41, 5.74) is -0.0255. The van der Waals surface area contributed by atoms with Crippen LogP contribution in [0.4, 0.5) is 0 Å². The Kier molecular flexibility index (Phi) is 3.69. The Morgan fingerprint density at radius 2 is 2.22 bits per heavy atom. The molecular formula is C12H8NO4S. The lowest BCUT2D eigenvalue weighted by atomic mass is 10.1. The molecule has 1 heterocycles. The van der Waals surface area contributed by atoms with Gasteiger partial charge in [-0.15, -0.1) is 11.3 Å². The van der Waals surface area contributed by atoms with Crippen molar-refractivity contribution in [2.75, 3.05) is 6.61 Å². The van der Waals surface area contributed by atoms with Crippen molar-refractivity contribution >= 4 is 40.1 Å². The van der Waals surface area contributed by atoms with Gasteiger partial charge in [0.2, 0.25) is 6.61 Å². The van der Waals surface area contributed by atoms with Crippen LogP contribution in [0.5, 0.6) is 0 Å². The second-order valence-corrected chi connectivity index (χ2v) is 4.24. The standard InChI is InChI=1S/C12H8NO4S/c14-5-10(13-17-6-11(15)16)12-9-4-2-1-3-8(9)7-18-12/h1-4,7H,6H2,(H,15,16)/b13-10-. The molecule has 0 fully saturated rings. The number of nitrogens with zero attached hydrogens (tertiary/aromatic N) is 1. The van der Waals surface area contributed by atoms with Gasteiger partial charge in [0.1, 0.15) is 0 Å². The maximum atomic E-state index is 10.8. The van der Waals surface area contributed by atoms with Crippen LogP contribution in [-0.4, -0.2) is 29.7 Å². The van der Waals surface area contributed by atoms with Crippen molar-refractivity contribution in [3.63, 3.8) is 0 Å². The highest BCUT2D eigenvalue weighted by Gasteiger charge is 2.11. The lowest BCUT2D eigenvalue weighted by Gasteiger charge is -1.97. The third-order valence-corrected chi connectivity index (χ3v) is 3.19. The molecule has 0 atom stereocenters. The van der Waals surface area contributed by atoms with Gasteiger partial charge >= 0.3 is 5.97 Å². The summed E-state index contributed by atoms with van der Waals surface area (Å²) in [6.07, 6.45) is 1.66. The first kappa shape index (κ1) is 12.3. The van der Waals surface area contributed by atoms with Crippen LogP contribution in [0.25, 0.3) is 10.8 Å². The molecule has 2 aromatic rings. The first-order valence-electron chi connectivity index (χ1n) is 4.99. The van der Waals surface area contributed by atoms with Gasteiger partial charge in [0.15, 0.2) is 5.71 Å². The first-order chi connectivity index (χ1) is 8.72. The summed E-state index contributed by atoms with van der Waals surface area (Å²) < 4.78 is 0. The molecule has 0 aliphatic rings. The fourth-order valence-electron chi connectivity index (χ4n) is 1.43. The van der Waals surface area contributed by atoms with E-state index in [9.17, 15) is 9.59 Å². The third kappa shape index (κ3) is 2.54. The van der Waals surface area contributed by atoms with Crippen molar-refractivity contribution < 1.29 is 19.5 Å². The molecule has 0 spiro atoms. The lowest BCUT2D eigenvalue weighted by molar-refractivity contribution is -0.142. The highest BCUT2D eigenvalue weighted by Crippen LogP contribution is 2.25. The number of oxime groups is 1. The van der Waals surface area contributed by atoms with Gasteiger partial charge in [-0.3, -0.25) is 4.79 Å². The molecule has 91 valence electrons. The van der Waals surface area contributed by atoms with Crippen LogP contribution in [0.15, 0.2) is 34.8 Å². The highest BCUT2D eigenvalue weighted by molar-refractivity contribution is 7.14. The number of carbonyl (C=O) groups is 1. The van der Waals surface area contributed by atoms with E-state index < -0.39 is 12.6 Å². The number of thiophene rings is 1. The molecule has 0 saturated carbocycles. The first-order valence-corrected chi connectivity index (χ1v) is 5.87. The van der Waals surface area contributed by atoms with Crippen molar-refractivity contribution in [1.82, 2.24) is 0 Å². The largest absolute Gasteiger partial charge is 0.479 e. The molecule has 1 N–H and O–H groups in total. The third-order valence-electron chi connectivity index (χ3n) is 2.16. The number of carbonyl (C=O) groups excluding carboxylic acids is 1. The van der Waals surface area contributed by atoms with E-state index in [1.54, 1.807) is 6.29 Å². The van der Waals surface area contributed by atoms with Crippen LogP contribution in [0.2, 0.25) is 0 Å². The van der Waals surface area contributed by atoms with Crippen LogP contribution in [0, 0.1) is 0 Å². The predicted molar refractivity (Wildman–Crippen MR) is 67.6 cm³/mol. The van der Waals surface area contributed by atoms with Crippen molar-refractivity contribution in [2.45, 2.75) is 0 Å². The quantitative estimate of drug-likeness (QED) is 0.658. The molecule has 2 rings (SSSR count). The van der Waals surface area contributed by atoms with Gasteiger partial charge in [0.25, 0.3) is 6.29 Å². The van der Waals surface area contributed by atoms with Crippen molar-refractivity contribution in [3.8, 4) is 0 Å². The van der Waals surface area contributed by atoms with Gasteiger partial charge in [-0.25, -0.2) is 4.79 Å². The van der Waals surface area contributed by atoms with Crippen LogP contribution >= 0.6 is 11.3 Å². The monoisotopic (exact) mass is 262 g/mol. The lowest BCUT2D eigenvalue weighted by Crippen LogP contribution is -2.07. The van der Waals surface area contributed by atoms with E-state index in [1.807, 2.05) is 29.6 Å². The summed E-state index contributed by atoms with van der Waals surface area (Å²) in [5, 5.41) is 15.6. The Balaban J connectivity index is 2.32. The molecule has 5 nitrogen and oxygen atoms in total. The molecule has 1 aromatic carbocycles. The zero-order chi connectivity index (χ0) is 13.0. The van der Waals surface area contributed by atoms with Crippen LogP contribution in [0.1, 0.15) is 4.88 Å². The van der Waals surface area contributed by atoms with Gasteiger partial charge < -0.3 is 9.94 Å². The SMILES string of the molecule is O=[C]/C(=N/OCC(=O)O)c1scc2ccccc12. The zero-order valence-corrected chi connectivity index (χ0v) is 9.94. The minimum atomic E-state index is -1.15. The molecule has 0 amide bonds. The molecule has 0 bridgehead atoms. The number of hydrogen-bond acceptors (Lipinski definition) is 5. The number of benzene rings is 1. The van der Waals surface area contributed by atoms with Crippen molar-refractivity contribution in [1.29, 1.82) is 0 Å². The summed E-state index contributed by atoms with van der Waals surface area (Å²) in [5.74, 6) is -1.15. The average Bonchev–Trinajstić information content (AvgIpc) is 2.78. The van der Waals surface area contributed by atoms with Crippen molar-refractivity contribution in [2.24, 2.45) is 5.16 Å². The van der Waals surface area contributed by atoms with Gasteiger partial charge in [0.05, 0.1) is 4.88 Å². The molecule has 18 heavy (non-hydrogen) atoms. The number of hydrogen-bond donors (Lipinski definition) is 1. The Labute approximate surface area is 106 Å². The van der Waals surface area contributed by atoms with E-state index >= 15 is 0 Å². The van der Waals surface area contributed by atoms with Crippen molar-refractivity contribution in [3.05, 3.63) is 34.5 Å².